The Balaban J connectivity index is 2.44. The van der Waals surface area contributed by atoms with Crippen LogP contribution < -0.4 is 9.80 Å². The fourth-order valence-corrected chi connectivity index (χ4v) is 5.13. The van der Waals surface area contributed by atoms with E-state index in [0.29, 0.717) is 26.2 Å². The molecule has 0 bridgehead atoms. The molecule has 0 fully saturated rings. The lowest BCUT2D eigenvalue weighted by atomic mass is 9.81. The number of nitrogens with zero attached hydrogens (tertiary/aromatic N) is 2. The lowest BCUT2D eigenvalue weighted by Gasteiger charge is -2.36. The second-order valence-corrected chi connectivity index (χ2v) is 11.7. The molecule has 0 saturated carbocycles. The highest BCUT2D eigenvalue weighted by Crippen LogP contribution is 2.44. The van der Waals surface area contributed by atoms with Crippen LogP contribution in [0.4, 0.5) is 20.2 Å². The van der Waals surface area contributed by atoms with Gasteiger partial charge in [-0.25, -0.2) is 8.78 Å². The van der Waals surface area contributed by atoms with Crippen LogP contribution >= 0.6 is 0 Å². The van der Waals surface area contributed by atoms with E-state index in [1.54, 1.807) is 34.1 Å². The van der Waals surface area contributed by atoms with E-state index < -0.39 is 23.2 Å². The van der Waals surface area contributed by atoms with Crippen LogP contribution in [0.2, 0.25) is 0 Å². The number of rotatable bonds is 10. The number of carbonyl (C=O) groups is 2. The summed E-state index contributed by atoms with van der Waals surface area (Å²) in [5, 5.41) is 0. The van der Waals surface area contributed by atoms with Crippen molar-refractivity contribution in [1.29, 1.82) is 0 Å². The van der Waals surface area contributed by atoms with Gasteiger partial charge in [0.2, 0.25) is 0 Å². The summed E-state index contributed by atoms with van der Waals surface area (Å²) in [5.41, 5.74) is 0.284. The van der Waals surface area contributed by atoms with Crippen LogP contribution in [0.1, 0.15) is 87.2 Å². The molecule has 0 N–H and O–H groups in total. The maximum atomic E-state index is 16.2. The molecule has 3 rings (SSSR count). The van der Waals surface area contributed by atoms with Crippen molar-refractivity contribution in [3.05, 3.63) is 58.2 Å². The molecule has 36 heavy (non-hydrogen) atoms. The molecular formula is C30H40F2N2O2. The van der Waals surface area contributed by atoms with E-state index in [4.69, 9.17) is 0 Å². The third-order valence-corrected chi connectivity index (χ3v) is 6.18. The number of carbonyl (C=O) groups excluding carboxylic acids is 2. The maximum Gasteiger partial charge on any atom is 0.196 e. The Morgan fingerprint density at radius 1 is 0.583 bits per heavy atom. The molecule has 0 aliphatic heterocycles. The van der Waals surface area contributed by atoms with Gasteiger partial charge in [0.15, 0.2) is 23.2 Å². The van der Waals surface area contributed by atoms with Gasteiger partial charge in [0, 0.05) is 37.3 Å². The molecule has 0 atom stereocenters. The molecule has 0 radical (unpaired) electrons. The van der Waals surface area contributed by atoms with Crippen LogP contribution in [-0.2, 0) is 0 Å². The monoisotopic (exact) mass is 498 g/mol. The van der Waals surface area contributed by atoms with Crippen molar-refractivity contribution in [1.82, 2.24) is 0 Å². The highest BCUT2D eigenvalue weighted by atomic mass is 19.2. The van der Waals surface area contributed by atoms with Crippen molar-refractivity contribution >= 4 is 22.9 Å². The topological polar surface area (TPSA) is 40.6 Å². The summed E-state index contributed by atoms with van der Waals surface area (Å²) in [6.07, 6.45) is 0. The molecule has 0 heterocycles. The second-order valence-electron chi connectivity index (χ2n) is 11.7. The van der Waals surface area contributed by atoms with Gasteiger partial charge in [-0.1, -0.05) is 79.7 Å². The predicted molar refractivity (Wildman–Crippen MR) is 143 cm³/mol. The molecule has 0 unspecified atom stereocenters. The van der Waals surface area contributed by atoms with E-state index in [1.165, 1.54) is 0 Å². The molecule has 6 heteroatoms. The second kappa shape index (κ2) is 11.1. The first kappa shape index (κ1) is 27.8. The molecular weight excluding hydrogens is 458 g/mol. The molecule has 0 aromatic heterocycles. The third-order valence-electron chi connectivity index (χ3n) is 6.18. The maximum absolute atomic E-state index is 16.2. The average molecular weight is 499 g/mol. The van der Waals surface area contributed by atoms with E-state index in [9.17, 15) is 9.59 Å². The number of hydrogen-bond acceptors (Lipinski definition) is 4. The first-order valence-electron chi connectivity index (χ1n) is 13.1. The summed E-state index contributed by atoms with van der Waals surface area (Å²) in [6, 6.07) is 6.58. The van der Waals surface area contributed by atoms with Crippen molar-refractivity contribution < 1.29 is 18.4 Å². The highest BCUT2D eigenvalue weighted by molar-refractivity contribution is 6.32. The van der Waals surface area contributed by atoms with Gasteiger partial charge in [-0.2, -0.15) is 0 Å². The molecule has 4 nitrogen and oxygen atoms in total. The Morgan fingerprint density at radius 3 is 1.11 bits per heavy atom. The molecule has 196 valence electrons. The van der Waals surface area contributed by atoms with Gasteiger partial charge >= 0.3 is 0 Å². The van der Waals surface area contributed by atoms with Gasteiger partial charge < -0.3 is 9.80 Å². The number of hydrogen-bond donors (Lipinski definition) is 0. The number of fused-ring (bicyclic) bond motifs is 2. The Hall–Kier alpha value is -2.76. The van der Waals surface area contributed by atoms with Crippen molar-refractivity contribution in [2.75, 3.05) is 36.0 Å². The van der Waals surface area contributed by atoms with E-state index in [0.717, 1.165) is 0 Å². The standard InChI is InChI=1S/C30H40F2N2O2/c1-17(2)13-33(14-18(3)4)27-23-24(30(36)22-12-10-9-11-21(22)29(23)35)28(26(32)25(27)31)34(15-19(5)6)16-20(7)8/h9-12,17-20H,13-16H2,1-8H3. The van der Waals surface area contributed by atoms with E-state index in [1.807, 2.05) is 55.4 Å². The molecule has 1 aliphatic carbocycles. The molecule has 0 spiro atoms. The Morgan fingerprint density at radius 2 is 0.861 bits per heavy atom. The van der Waals surface area contributed by atoms with E-state index in [-0.39, 0.29) is 57.3 Å². The van der Waals surface area contributed by atoms with Gasteiger partial charge in [-0.3, -0.25) is 9.59 Å². The van der Waals surface area contributed by atoms with Gasteiger partial charge in [-0.15, -0.1) is 0 Å². The third kappa shape index (κ3) is 5.47. The minimum absolute atomic E-state index is 0.00795. The molecule has 2 aromatic carbocycles. The summed E-state index contributed by atoms with van der Waals surface area (Å²) in [6.45, 7) is 17.7. The zero-order chi connectivity index (χ0) is 26.9. The van der Waals surface area contributed by atoms with E-state index in [2.05, 4.69) is 0 Å². The largest absolute Gasteiger partial charge is 0.368 e. The summed E-state index contributed by atoms with van der Waals surface area (Å²) >= 11 is 0. The highest BCUT2D eigenvalue weighted by Gasteiger charge is 2.41. The van der Waals surface area contributed by atoms with Crippen LogP contribution in [0, 0.1) is 35.3 Å². The van der Waals surface area contributed by atoms with Crippen molar-refractivity contribution in [3.63, 3.8) is 0 Å². The lowest BCUT2D eigenvalue weighted by Crippen LogP contribution is -2.38. The number of ketones is 2. The first-order valence-corrected chi connectivity index (χ1v) is 13.1. The molecule has 0 amide bonds. The minimum atomic E-state index is -1.05. The lowest BCUT2D eigenvalue weighted by molar-refractivity contribution is 0.0979. The van der Waals surface area contributed by atoms with Crippen LogP contribution in [0.25, 0.3) is 0 Å². The SMILES string of the molecule is CC(C)CN(CC(C)C)c1c(F)c(F)c(N(CC(C)C)CC(C)C)c2c1C(=O)c1ccccc1C2=O. The zero-order valence-electron chi connectivity index (χ0n) is 22.9. The van der Waals surface area contributed by atoms with Crippen molar-refractivity contribution in [3.8, 4) is 0 Å². The number of anilines is 2. The minimum Gasteiger partial charge on any atom is -0.368 e. The first-order chi connectivity index (χ1) is 16.8. The fraction of sp³-hybridized carbons (Fsp3) is 0.533. The predicted octanol–water partition coefficient (Wildman–Crippen LogP) is 6.98. The van der Waals surface area contributed by atoms with Crippen molar-refractivity contribution in [2.24, 2.45) is 23.7 Å². The molecule has 0 saturated heterocycles. The number of benzene rings is 2. The van der Waals surface area contributed by atoms with Gasteiger partial charge in [0.1, 0.15) is 0 Å². The van der Waals surface area contributed by atoms with Crippen LogP contribution in [0.15, 0.2) is 24.3 Å². The normalized spacial score (nSPS) is 13.2. The van der Waals surface area contributed by atoms with Crippen LogP contribution in [0.3, 0.4) is 0 Å². The number of halogens is 2. The quantitative estimate of drug-likeness (QED) is 0.302. The Kier molecular flexibility index (Phi) is 8.58. The van der Waals surface area contributed by atoms with Gasteiger partial charge in [-0.05, 0) is 23.7 Å². The average Bonchev–Trinajstić information content (AvgIpc) is 2.76. The Bertz CT molecular complexity index is 1030. The zero-order valence-corrected chi connectivity index (χ0v) is 22.9. The summed E-state index contributed by atoms with van der Waals surface area (Å²) in [7, 11) is 0. The Labute approximate surface area is 214 Å². The van der Waals surface area contributed by atoms with Gasteiger partial charge in [0.05, 0.1) is 22.5 Å². The summed E-state index contributed by atoms with van der Waals surface area (Å²) in [4.78, 5) is 31.4. The smallest absolute Gasteiger partial charge is 0.196 e. The van der Waals surface area contributed by atoms with E-state index >= 15 is 8.78 Å². The van der Waals surface area contributed by atoms with Crippen LogP contribution in [-0.4, -0.2) is 37.7 Å². The summed E-state index contributed by atoms with van der Waals surface area (Å²) < 4.78 is 32.4. The van der Waals surface area contributed by atoms with Crippen molar-refractivity contribution in [2.45, 2.75) is 55.4 Å². The fourth-order valence-electron chi connectivity index (χ4n) is 5.13. The molecule has 2 aromatic rings. The van der Waals surface area contributed by atoms with Crippen LogP contribution in [0.5, 0.6) is 0 Å². The molecule has 1 aliphatic rings. The summed E-state index contributed by atoms with van der Waals surface area (Å²) in [5.74, 6) is -2.40. The van der Waals surface area contributed by atoms with Gasteiger partial charge in [0.25, 0.3) is 0 Å².